The van der Waals surface area contributed by atoms with E-state index in [0.29, 0.717) is 23.6 Å². The molecule has 33 heavy (non-hydrogen) atoms. The standard InChI is InChI=1S/C26H22F2N2O3/c1-4-33-22-8-6-5-7-21(22)30-25(31)23(18-11-9-15(2)13-16(18)3)24(26(30)32)29-17-10-12-19(27)20(28)14-17/h5-14,29H,4H2,1-3H3. The highest BCUT2D eigenvalue weighted by Gasteiger charge is 2.41. The topological polar surface area (TPSA) is 58.6 Å². The van der Waals surface area contributed by atoms with Gasteiger partial charge in [0.1, 0.15) is 11.4 Å². The molecule has 0 atom stereocenters. The van der Waals surface area contributed by atoms with Crippen LogP contribution in [0, 0.1) is 25.5 Å². The van der Waals surface area contributed by atoms with Crippen molar-refractivity contribution in [3.05, 3.63) is 94.7 Å². The number of carbonyl (C=O) groups excluding carboxylic acids is 2. The second-order valence-electron chi connectivity index (χ2n) is 7.67. The van der Waals surface area contributed by atoms with Gasteiger partial charge in [0.25, 0.3) is 11.8 Å². The first kappa shape index (κ1) is 22.2. The largest absolute Gasteiger partial charge is 0.492 e. The first-order chi connectivity index (χ1) is 15.8. The van der Waals surface area contributed by atoms with Crippen molar-refractivity contribution in [3.8, 4) is 5.75 Å². The second kappa shape index (κ2) is 8.86. The third-order valence-electron chi connectivity index (χ3n) is 5.33. The average molecular weight is 448 g/mol. The first-order valence-electron chi connectivity index (χ1n) is 10.5. The summed E-state index contributed by atoms with van der Waals surface area (Å²) < 4.78 is 32.9. The second-order valence-corrected chi connectivity index (χ2v) is 7.67. The number of carbonyl (C=O) groups is 2. The van der Waals surface area contributed by atoms with Crippen LogP contribution in [0.3, 0.4) is 0 Å². The smallest absolute Gasteiger partial charge is 0.282 e. The lowest BCUT2D eigenvalue weighted by Crippen LogP contribution is -2.32. The van der Waals surface area contributed by atoms with E-state index in [4.69, 9.17) is 4.74 Å². The maximum absolute atomic E-state index is 13.8. The van der Waals surface area contributed by atoms with Crippen LogP contribution in [0.1, 0.15) is 23.6 Å². The number of benzene rings is 3. The maximum atomic E-state index is 13.8. The molecule has 1 N–H and O–H groups in total. The Morgan fingerprint density at radius 2 is 1.67 bits per heavy atom. The summed E-state index contributed by atoms with van der Waals surface area (Å²) in [5.41, 5.74) is 2.95. The van der Waals surface area contributed by atoms with Gasteiger partial charge in [-0.05, 0) is 56.2 Å². The van der Waals surface area contributed by atoms with Crippen LogP contribution in [0.5, 0.6) is 5.75 Å². The van der Waals surface area contributed by atoms with Crippen molar-refractivity contribution < 1.29 is 23.1 Å². The van der Waals surface area contributed by atoms with Gasteiger partial charge >= 0.3 is 0 Å². The summed E-state index contributed by atoms with van der Waals surface area (Å²) in [4.78, 5) is 28.2. The third kappa shape index (κ3) is 4.09. The number of para-hydroxylation sites is 2. The summed E-state index contributed by atoms with van der Waals surface area (Å²) in [6, 6.07) is 15.5. The maximum Gasteiger partial charge on any atom is 0.282 e. The van der Waals surface area contributed by atoms with Gasteiger partial charge in [-0.1, -0.05) is 35.9 Å². The van der Waals surface area contributed by atoms with Crippen LogP contribution in [-0.4, -0.2) is 18.4 Å². The highest BCUT2D eigenvalue weighted by molar-refractivity contribution is 6.46. The first-order valence-corrected chi connectivity index (χ1v) is 10.5. The van der Waals surface area contributed by atoms with Gasteiger partial charge in [0, 0.05) is 11.8 Å². The quantitative estimate of drug-likeness (QED) is 0.515. The van der Waals surface area contributed by atoms with E-state index < -0.39 is 23.4 Å². The minimum atomic E-state index is -1.07. The molecule has 2 amide bonds. The number of imide groups is 1. The Labute approximate surface area is 190 Å². The predicted molar refractivity (Wildman–Crippen MR) is 123 cm³/mol. The number of halogens is 2. The molecule has 0 radical (unpaired) electrons. The van der Waals surface area contributed by atoms with Gasteiger partial charge in [-0.25, -0.2) is 13.7 Å². The molecule has 3 aromatic carbocycles. The molecule has 0 unspecified atom stereocenters. The molecule has 3 aromatic rings. The SMILES string of the molecule is CCOc1ccccc1N1C(=O)C(Nc2ccc(F)c(F)c2)=C(c2ccc(C)cc2C)C1=O. The Morgan fingerprint density at radius 1 is 0.909 bits per heavy atom. The lowest BCUT2D eigenvalue weighted by Gasteiger charge is -2.19. The minimum Gasteiger partial charge on any atom is -0.492 e. The molecule has 0 fully saturated rings. The molecule has 7 heteroatoms. The molecule has 1 aliphatic rings. The van der Waals surface area contributed by atoms with E-state index in [0.717, 1.165) is 28.2 Å². The van der Waals surface area contributed by atoms with Crippen molar-refractivity contribution in [1.82, 2.24) is 0 Å². The summed E-state index contributed by atoms with van der Waals surface area (Å²) in [6.07, 6.45) is 0. The molecule has 0 spiro atoms. The van der Waals surface area contributed by atoms with Gasteiger partial charge in [-0.2, -0.15) is 0 Å². The molecule has 0 aliphatic carbocycles. The van der Waals surface area contributed by atoms with Gasteiger partial charge in [0.2, 0.25) is 0 Å². The molecule has 4 rings (SSSR count). The highest BCUT2D eigenvalue weighted by Crippen LogP contribution is 2.38. The monoisotopic (exact) mass is 448 g/mol. The minimum absolute atomic E-state index is 0.0238. The number of anilines is 2. The van der Waals surface area contributed by atoms with Gasteiger partial charge in [0.15, 0.2) is 11.6 Å². The van der Waals surface area contributed by atoms with Crippen LogP contribution in [-0.2, 0) is 9.59 Å². The molecule has 0 saturated heterocycles. The van der Waals surface area contributed by atoms with E-state index in [9.17, 15) is 18.4 Å². The summed E-state index contributed by atoms with van der Waals surface area (Å²) in [6.45, 7) is 5.93. The van der Waals surface area contributed by atoms with Crippen molar-refractivity contribution in [3.63, 3.8) is 0 Å². The highest BCUT2D eigenvalue weighted by atomic mass is 19.2. The zero-order chi connectivity index (χ0) is 23.7. The van der Waals surface area contributed by atoms with Crippen LogP contribution in [0.25, 0.3) is 5.57 Å². The number of ether oxygens (including phenoxy) is 1. The number of hydrogen-bond acceptors (Lipinski definition) is 4. The summed E-state index contributed by atoms with van der Waals surface area (Å²) >= 11 is 0. The molecular formula is C26H22F2N2O3. The number of aryl methyl sites for hydroxylation is 2. The van der Waals surface area contributed by atoms with Crippen LogP contribution in [0.4, 0.5) is 20.2 Å². The molecule has 1 aliphatic heterocycles. The molecule has 0 bridgehead atoms. The zero-order valence-electron chi connectivity index (χ0n) is 18.4. The van der Waals surface area contributed by atoms with E-state index in [1.54, 1.807) is 37.3 Å². The Morgan fingerprint density at radius 3 is 2.36 bits per heavy atom. The van der Waals surface area contributed by atoms with Crippen molar-refractivity contribution in [2.45, 2.75) is 20.8 Å². The molecule has 168 valence electrons. The van der Waals surface area contributed by atoms with E-state index in [1.165, 1.54) is 6.07 Å². The Balaban J connectivity index is 1.87. The van der Waals surface area contributed by atoms with Crippen LogP contribution >= 0.6 is 0 Å². The van der Waals surface area contributed by atoms with Crippen LogP contribution in [0.15, 0.2) is 66.4 Å². The summed E-state index contributed by atoms with van der Waals surface area (Å²) in [5.74, 6) is -2.85. The molecular weight excluding hydrogens is 426 g/mol. The Kier molecular flexibility index (Phi) is 5.96. The predicted octanol–water partition coefficient (Wildman–Crippen LogP) is 5.38. The van der Waals surface area contributed by atoms with E-state index >= 15 is 0 Å². The number of hydrogen-bond donors (Lipinski definition) is 1. The van der Waals surface area contributed by atoms with Gasteiger partial charge < -0.3 is 10.1 Å². The summed E-state index contributed by atoms with van der Waals surface area (Å²) in [5, 5.41) is 2.85. The van der Waals surface area contributed by atoms with Crippen LogP contribution in [0.2, 0.25) is 0 Å². The number of rotatable bonds is 6. The number of amides is 2. The van der Waals surface area contributed by atoms with Crippen molar-refractivity contribution in [2.75, 3.05) is 16.8 Å². The van der Waals surface area contributed by atoms with E-state index in [-0.39, 0.29) is 17.0 Å². The van der Waals surface area contributed by atoms with Crippen molar-refractivity contribution in [2.24, 2.45) is 0 Å². The Bertz CT molecular complexity index is 1300. The molecule has 5 nitrogen and oxygen atoms in total. The normalized spacial score (nSPS) is 13.7. The lowest BCUT2D eigenvalue weighted by atomic mass is 9.97. The molecule has 0 saturated carbocycles. The number of nitrogens with one attached hydrogen (secondary N) is 1. The fourth-order valence-electron chi connectivity index (χ4n) is 3.85. The molecule has 1 heterocycles. The van der Waals surface area contributed by atoms with Crippen LogP contribution < -0.4 is 15.0 Å². The van der Waals surface area contributed by atoms with Crippen molar-refractivity contribution in [1.29, 1.82) is 0 Å². The molecule has 0 aromatic heterocycles. The van der Waals surface area contributed by atoms with Crippen molar-refractivity contribution >= 4 is 28.8 Å². The lowest BCUT2D eigenvalue weighted by molar-refractivity contribution is -0.120. The fourth-order valence-corrected chi connectivity index (χ4v) is 3.85. The average Bonchev–Trinajstić information content (AvgIpc) is 3.01. The number of nitrogens with zero attached hydrogens (tertiary/aromatic N) is 1. The summed E-state index contributed by atoms with van der Waals surface area (Å²) in [7, 11) is 0. The third-order valence-corrected chi connectivity index (χ3v) is 5.33. The van der Waals surface area contributed by atoms with E-state index in [1.807, 2.05) is 26.0 Å². The van der Waals surface area contributed by atoms with Gasteiger partial charge in [0.05, 0.1) is 17.9 Å². The van der Waals surface area contributed by atoms with Gasteiger partial charge in [-0.3, -0.25) is 9.59 Å². The van der Waals surface area contributed by atoms with E-state index in [2.05, 4.69) is 5.32 Å². The van der Waals surface area contributed by atoms with Gasteiger partial charge in [-0.15, -0.1) is 0 Å². The Hall–Kier alpha value is -4.00. The zero-order valence-corrected chi connectivity index (χ0v) is 18.4. The fraction of sp³-hybridized carbons (Fsp3) is 0.154.